The maximum Gasteiger partial charge on any atom is 0.336 e. The van der Waals surface area contributed by atoms with Gasteiger partial charge in [0.15, 0.2) is 0 Å². The van der Waals surface area contributed by atoms with E-state index in [9.17, 15) is 4.79 Å². The minimum atomic E-state index is -0.592. The van der Waals surface area contributed by atoms with E-state index in [2.05, 4.69) is 16.8 Å². The molecule has 0 bridgehead atoms. The molecule has 0 radical (unpaired) electrons. The van der Waals surface area contributed by atoms with Crippen molar-refractivity contribution in [1.29, 1.82) is 0 Å². The number of nitrogens with two attached hydrogens (primary N) is 1. The smallest absolute Gasteiger partial charge is 0.336 e. The van der Waals surface area contributed by atoms with Crippen molar-refractivity contribution in [2.75, 3.05) is 0 Å². The van der Waals surface area contributed by atoms with Crippen molar-refractivity contribution in [2.24, 2.45) is 5.73 Å². The first-order chi connectivity index (χ1) is 4.18. The van der Waals surface area contributed by atoms with E-state index >= 15 is 0 Å². The minimum Gasteiger partial charge on any atom is -0.371 e. The number of ether oxygens (including phenoxy) is 1. The Morgan fingerprint density at radius 2 is 2.33 bits per heavy atom. The van der Waals surface area contributed by atoms with Crippen LogP contribution in [0, 0.1) is 12.0 Å². The molecule has 1 unspecified atom stereocenters. The van der Waals surface area contributed by atoms with Gasteiger partial charge in [-0.2, -0.15) is 0 Å². The Morgan fingerprint density at radius 1 is 1.78 bits per heavy atom. The predicted molar refractivity (Wildman–Crippen MR) is 33.2 cm³/mol. The Hall–Kier alpha value is -1.01. The third-order valence-corrected chi connectivity index (χ3v) is 0.625. The molecule has 3 heteroatoms. The van der Waals surface area contributed by atoms with Crippen molar-refractivity contribution in [3.63, 3.8) is 0 Å². The molecule has 0 aliphatic rings. The molecule has 0 aromatic carbocycles. The average Bonchev–Trinajstić information content (AvgIpc) is 1.82. The van der Waals surface area contributed by atoms with E-state index in [0.29, 0.717) is 0 Å². The zero-order valence-corrected chi connectivity index (χ0v) is 5.47. The molecule has 0 aromatic rings. The predicted octanol–water partition coefficient (Wildman–Crippen LogP) is -0.142. The molecule has 0 heterocycles. The minimum absolute atomic E-state index is 0.496. The summed E-state index contributed by atoms with van der Waals surface area (Å²) in [4.78, 5) is 10.5. The van der Waals surface area contributed by atoms with Crippen LogP contribution in [0.2, 0.25) is 0 Å². The molecule has 0 saturated carbocycles. The third kappa shape index (κ3) is 3.56. The highest BCUT2D eigenvalue weighted by molar-refractivity contribution is 5.75. The van der Waals surface area contributed by atoms with Crippen molar-refractivity contribution < 1.29 is 9.53 Å². The number of hydrogen-bond acceptors (Lipinski definition) is 3. The van der Waals surface area contributed by atoms with E-state index in [1.165, 1.54) is 0 Å². The molecule has 0 spiro atoms. The fourth-order valence-electron chi connectivity index (χ4n) is 0.194. The van der Waals surface area contributed by atoms with Crippen LogP contribution in [0.4, 0.5) is 0 Å². The van der Waals surface area contributed by atoms with Gasteiger partial charge in [-0.15, -0.1) is 0 Å². The molecule has 50 valence electrons. The first-order valence-electron chi connectivity index (χ1n) is 2.56. The van der Waals surface area contributed by atoms with Gasteiger partial charge in [0.05, 0.1) is 0 Å². The number of rotatable bonds is 1. The highest BCUT2D eigenvalue weighted by atomic mass is 16.5. The molecular formula is C6H9NO2. The third-order valence-electron chi connectivity index (χ3n) is 0.625. The molecule has 0 aliphatic heterocycles. The lowest BCUT2D eigenvalue weighted by atomic mass is 10.4. The second kappa shape index (κ2) is 3.93. The van der Waals surface area contributed by atoms with Crippen LogP contribution in [0.15, 0.2) is 0 Å². The highest BCUT2D eigenvalue weighted by Gasteiger charge is 2.05. The summed E-state index contributed by atoms with van der Waals surface area (Å²) < 4.78 is 4.33. The summed E-state index contributed by atoms with van der Waals surface area (Å²) in [5.74, 6) is 1.91. The molecule has 0 saturated heterocycles. The molecule has 0 aromatic heterocycles. The van der Waals surface area contributed by atoms with Gasteiger partial charge in [0.1, 0.15) is 12.1 Å². The van der Waals surface area contributed by atoms with Crippen LogP contribution < -0.4 is 5.73 Å². The standard InChI is InChI=1S/C6H9NO2/c1-3-4-9-6(8)5(2)7/h5H,7H2,1-2H3. The van der Waals surface area contributed by atoms with Crippen LogP contribution in [0.1, 0.15) is 13.8 Å². The maximum atomic E-state index is 10.5. The summed E-state index contributed by atoms with van der Waals surface area (Å²) in [6, 6.07) is -0.592. The van der Waals surface area contributed by atoms with E-state index in [4.69, 9.17) is 5.73 Å². The normalized spacial score (nSPS) is 11.0. The fourth-order valence-corrected chi connectivity index (χ4v) is 0.194. The molecular weight excluding hydrogens is 118 g/mol. The second-order valence-corrected chi connectivity index (χ2v) is 1.56. The maximum absolute atomic E-state index is 10.5. The van der Waals surface area contributed by atoms with Crippen LogP contribution in [0.25, 0.3) is 0 Å². The molecule has 3 nitrogen and oxygen atoms in total. The van der Waals surface area contributed by atoms with Gasteiger partial charge in [0, 0.05) is 6.92 Å². The van der Waals surface area contributed by atoms with Gasteiger partial charge in [0.2, 0.25) is 0 Å². The quantitative estimate of drug-likeness (QED) is 0.394. The van der Waals surface area contributed by atoms with E-state index < -0.39 is 12.0 Å². The Bertz CT molecular complexity index is 152. The van der Waals surface area contributed by atoms with Gasteiger partial charge < -0.3 is 10.5 Å². The Balaban J connectivity index is 3.60. The first kappa shape index (κ1) is 7.99. The monoisotopic (exact) mass is 127 g/mol. The zero-order valence-electron chi connectivity index (χ0n) is 5.47. The molecule has 0 fully saturated rings. The van der Waals surface area contributed by atoms with Crippen LogP contribution in [-0.2, 0) is 9.53 Å². The summed E-state index contributed by atoms with van der Waals surface area (Å²) in [5.41, 5.74) is 5.13. The molecule has 0 rings (SSSR count). The van der Waals surface area contributed by atoms with Crippen molar-refractivity contribution in [2.45, 2.75) is 19.9 Å². The van der Waals surface area contributed by atoms with Crippen LogP contribution in [0.3, 0.4) is 0 Å². The second-order valence-electron chi connectivity index (χ2n) is 1.56. The van der Waals surface area contributed by atoms with Crippen molar-refractivity contribution in [3.8, 4) is 12.0 Å². The lowest BCUT2D eigenvalue weighted by Crippen LogP contribution is -2.27. The first-order valence-corrected chi connectivity index (χ1v) is 2.56. The molecule has 9 heavy (non-hydrogen) atoms. The van der Waals surface area contributed by atoms with Gasteiger partial charge in [-0.05, 0) is 6.92 Å². The van der Waals surface area contributed by atoms with E-state index in [1.807, 2.05) is 0 Å². The van der Waals surface area contributed by atoms with Crippen LogP contribution >= 0.6 is 0 Å². The van der Waals surface area contributed by atoms with Crippen LogP contribution in [0.5, 0.6) is 0 Å². The summed E-state index contributed by atoms with van der Waals surface area (Å²) in [6.07, 6.45) is 2.15. The fraction of sp³-hybridized carbons (Fsp3) is 0.500. The lowest BCUT2D eigenvalue weighted by Gasteiger charge is -1.97. The zero-order chi connectivity index (χ0) is 7.28. The Labute approximate surface area is 54.2 Å². The summed E-state index contributed by atoms with van der Waals surface area (Å²) >= 11 is 0. The largest absolute Gasteiger partial charge is 0.371 e. The number of hydrogen-bond donors (Lipinski definition) is 1. The van der Waals surface area contributed by atoms with Gasteiger partial charge in [0.25, 0.3) is 0 Å². The van der Waals surface area contributed by atoms with E-state index in [0.717, 1.165) is 0 Å². The van der Waals surface area contributed by atoms with E-state index in [1.54, 1.807) is 13.8 Å². The summed E-state index contributed by atoms with van der Waals surface area (Å²) in [6.45, 7) is 3.12. The van der Waals surface area contributed by atoms with Crippen LogP contribution in [-0.4, -0.2) is 12.0 Å². The Morgan fingerprint density at radius 3 is 2.67 bits per heavy atom. The summed E-state index contributed by atoms with van der Waals surface area (Å²) in [5, 5.41) is 0. The molecule has 0 amide bonds. The highest BCUT2D eigenvalue weighted by Crippen LogP contribution is 1.79. The molecule has 0 aliphatic carbocycles. The topological polar surface area (TPSA) is 52.3 Å². The van der Waals surface area contributed by atoms with Crippen molar-refractivity contribution in [1.82, 2.24) is 0 Å². The lowest BCUT2D eigenvalue weighted by molar-refractivity contribution is -0.137. The number of carbonyl (C=O) groups excluding carboxylic acids is 1. The SMILES string of the molecule is CC#COC(=O)C(C)N. The molecule has 2 N–H and O–H groups in total. The van der Waals surface area contributed by atoms with E-state index in [-0.39, 0.29) is 0 Å². The number of esters is 1. The van der Waals surface area contributed by atoms with Gasteiger partial charge >= 0.3 is 5.97 Å². The molecule has 1 atom stereocenters. The average molecular weight is 127 g/mol. The Kier molecular flexibility index (Phi) is 3.49. The van der Waals surface area contributed by atoms with Gasteiger partial charge in [-0.3, -0.25) is 0 Å². The summed E-state index contributed by atoms with van der Waals surface area (Å²) in [7, 11) is 0. The number of carbonyl (C=O) groups is 1. The van der Waals surface area contributed by atoms with Gasteiger partial charge in [-0.25, -0.2) is 4.79 Å². The van der Waals surface area contributed by atoms with Gasteiger partial charge in [-0.1, -0.05) is 5.92 Å². The van der Waals surface area contributed by atoms with Crippen molar-refractivity contribution >= 4 is 5.97 Å². The van der Waals surface area contributed by atoms with Crippen molar-refractivity contribution in [3.05, 3.63) is 0 Å².